The second-order valence-electron chi connectivity index (χ2n) is 4.23. The minimum atomic E-state index is -0.273. The van der Waals surface area contributed by atoms with Crippen molar-refractivity contribution in [2.45, 2.75) is 0 Å². The summed E-state index contributed by atoms with van der Waals surface area (Å²) in [5.41, 5.74) is 3.95. The van der Waals surface area contributed by atoms with Gasteiger partial charge < -0.3 is 9.30 Å². The average Bonchev–Trinajstić information content (AvgIpc) is 2.49. The van der Waals surface area contributed by atoms with Crippen LogP contribution >= 0.6 is 0 Å². The number of aromatic nitrogens is 1. The van der Waals surface area contributed by atoms with Crippen molar-refractivity contribution in [2.75, 3.05) is 6.61 Å². The zero-order valence-electron chi connectivity index (χ0n) is 10.4. The van der Waals surface area contributed by atoms with Crippen molar-refractivity contribution in [1.29, 1.82) is 0 Å². The van der Waals surface area contributed by atoms with Crippen LogP contribution in [0, 0.1) is 0 Å². The molecule has 0 fully saturated rings. The molecular formula is C14H11N3O3. The summed E-state index contributed by atoms with van der Waals surface area (Å²) >= 11 is 0. The lowest BCUT2D eigenvalue weighted by Gasteiger charge is -2.14. The third kappa shape index (κ3) is 2.44. The molecule has 0 saturated carbocycles. The highest BCUT2D eigenvalue weighted by atomic mass is 16.5. The first-order chi connectivity index (χ1) is 9.72. The van der Waals surface area contributed by atoms with Crippen LogP contribution in [0.3, 0.4) is 0 Å². The number of rotatable bonds is 2. The maximum atomic E-state index is 11.1. The number of carbonyl (C=O) groups excluding carboxylic acids is 1. The van der Waals surface area contributed by atoms with E-state index in [1.54, 1.807) is 12.4 Å². The normalized spacial score (nSPS) is 14.2. The standard InChI is InChI=1S/C14H11N3O3/c18-12-4-6-17(7-5-12)11-3-1-2-10(8-11)14-16-15-13(19)9-20-14/h1-8H,9H2,(H,15,19). The van der Waals surface area contributed by atoms with E-state index in [9.17, 15) is 9.59 Å². The molecule has 0 saturated heterocycles. The Labute approximate surface area is 114 Å². The summed E-state index contributed by atoms with van der Waals surface area (Å²) in [6, 6.07) is 10.4. The van der Waals surface area contributed by atoms with Crippen molar-refractivity contribution < 1.29 is 9.53 Å². The molecule has 0 unspecified atom stereocenters. The predicted octanol–water partition coefficient (Wildman–Crippen LogP) is 0.645. The third-order valence-electron chi connectivity index (χ3n) is 2.81. The molecule has 0 aliphatic carbocycles. The van der Waals surface area contributed by atoms with Crippen LogP contribution in [0.2, 0.25) is 0 Å². The van der Waals surface area contributed by atoms with Crippen LogP contribution in [-0.2, 0) is 9.53 Å². The molecule has 2 aromatic rings. The number of amides is 1. The van der Waals surface area contributed by atoms with E-state index < -0.39 is 0 Å². The fraction of sp³-hybridized carbons (Fsp3) is 0.0714. The maximum Gasteiger partial charge on any atom is 0.278 e. The van der Waals surface area contributed by atoms with Gasteiger partial charge in [0.25, 0.3) is 5.91 Å². The third-order valence-corrected chi connectivity index (χ3v) is 2.81. The Bertz CT molecular complexity index is 729. The van der Waals surface area contributed by atoms with E-state index in [0.717, 1.165) is 11.3 Å². The summed E-state index contributed by atoms with van der Waals surface area (Å²) in [4.78, 5) is 22.1. The lowest BCUT2D eigenvalue weighted by molar-refractivity contribution is -0.124. The topological polar surface area (TPSA) is 72.7 Å². The second-order valence-corrected chi connectivity index (χ2v) is 4.23. The minimum Gasteiger partial charge on any atom is -0.466 e. The molecule has 1 aliphatic heterocycles. The first kappa shape index (κ1) is 12.2. The largest absolute Gasteiger partial charge is 0.466 e. The van der Waals surface area contributed by atoms with Crippen LogP contribution in [0.25, 0.3) is 5.69 Å². The molecule has 3 rings (SSSR count). The highest BCUT2D eigenvalue weighted by Gasteiger charge is 2.14. The molecule has 1 aromatic heterocycles. The highest BCUT2D eigenvalue weighted by Crippen LogP contribution is 2.12. The SMILES string of the molecule is O=C1COC(c2cccc(-n3ccc(=O)cc3)c2)=NN1. The molecule has 0 bridgehead atoms. The Morgan fingerprint density at radius 1 is 1.15 bits per heavy atom. The Balaban J connectivity index is 1.95. The number of nitrogens with zero attached hydrogens (tertiary/aromatic N) is 2. The van der Waals surface area contributed by atoms with Crippen LogP contribution in [0.4, 0.5) is 0 Å². The Morgan fingerprint density at radius 2 is 1.95 bits per heavy atom. The highest BCUT2D eigenvalue weighted by molar-refractivity contribution is 5.98. The maximum absolute atomic E-state index is 11.1. The van der Waals surface area contributed by atoms with E-state index in [2.05, 4.69) is 10.5 Å². The molecule has 2 heterocycles. The van der Waals surface area contributed by atoms with Gasteiger partial charge in [0.2, 0.25) is 5.90 Å². The van der Waals surface area contributed by atoms with Crippen molar-refractivity contribution in [3.8, 4) is 5.69 Å². The van der Waals surface area contributed by atoms with E-state index in [1.807, 2.05) is 28.8 Å². The lowest BCUT2D eigenvalue weighted by atomic mass is 10.2. The van der Waals surface area contributed by atoms with Gasteiger partial charge in [0.1, 0.15) is 0 Å². The van der Waals surface area contributed by atoms with Gasteiger partial charge in [0.15, 0.2) is 12.0 Å². The monoisotopic (exact) mass is 269 g/mol. The molecule has 1 N–H and O–H groups in total. The van der Waals surface area contributed by atoms with Crippen LogP contribution in [0.1, 0.15) is 5.56 Å². The summed E-state index contributed by atoms with van der Waals surface area (Å²) in [6.07, 6.45) is 3.37. The molecule has 100 valence electrons. The molecule has 6 nitrogen and oxygen atoms in total. The number of nitrogens with one attached hydrogen (secondary N) is 1. The van der Waals surface area contributed by atoms with E-state index in [4.69, 9.17) is 4.74 Å². The summed E-state index contributed by atoms with van der Waals surface area (Å²) in [6.45, 7) is -0.0406. The van der Waals surface area contributed by atoms with Gasteiger partial charge in [-0.15, -0.1) is 5.10 Å². The van der Waals surface area contributed by atoms with Gasteiger partial charge >= 0.3 is 0 Å². The summed E-state index contributed by atoms with van der Waals surface area (Å²) in [5, 5.41) is 3.87. The summed E-state index contributed by atoms with van der Waals surface area (Å²) in [5.74, 6) is 0.0952. The van der Waals surface area contributed by atoms with E-state index in [-0.39, 0.29) is 17.9 Å². The minimum absolute atomic E-state index is 0.0406. The predicted molar refractivity (Wildman–Crippen MR) is 72.7 cm³/mol. The number of ether oxygens (including phenoxy) is 1. The van der Waals surface area contributed by atoms with Gasteiger partial charge in [0, 0.05) is 35.8 Å². The van der Waals surface area contributed by atoms with Crippen molar-refractivity contribution in [3.63, 3.8) is 0 Å². The number of carbonyl (C=O) groups is 1. The van der Waals surface area contributed by atoms with Crippen LogP contribution in [0.15, 0.2) is 58.7 Å². The van der Waals surface area contributed by atoms with Crippen LogP contribution < -0.4 is 10.9 Å². The number of hydrogen-bond acceptors (Lipinski definition) is 4. The van der Waals surface area contributed by atoms with Crippen molar-refractivity contribution in [2.24, 2.45) is 5.10 Å². The lowest BCUT2D eigenvalue weighted by Crippen LogP contribution is -2.32. The fourth-order valence-electron chi connectivity index (χ4n) is 1.84. The summed E-state index contributed by atoms with van der Waals surface area (Å²) in [7, 11) is 0. The number of benzene rings is 1. The molecule has 1 amide bonds. The van der Waals surface area contributed by atoms with Crippen molar-refractivity contribution >= 4 is 11.8 Å². The van der Waals surface area contributed by atoms with Crippen LogP contribution in [0.5, 0.6) is 0 Å². The molecule has 1 aromatic carbocycles. The van der Waals surface area contributed by atoms with Gasteiger partial charge in [-0.25, -0.2) is 5.43 Å². The first-order valence-corrected chi connectivity index (χ1v) is 6.01. The number of hydrazone groups is 1. The smallest absolute Gasteiger partial charge is 0.278 e. The van der Waals surface area contributed by atoms with E-state index in [1.165, 1.54) is 12.1 Å². The molecule has 0 atom stereocenters. The molecular weight excluding hydrogens is 258 g/mol. The van der Waals surface area contributed by atoms with Gasteiger partial charge in [-0.2, -0.15) is 0 Å². The average molecular weight is 269 g/mol. The Hall–Kier alpha value is -2.89. The van der Waals surface area contributed by atoms with Gasteiger partial charge in [-0.05, 0) is 18.2 Å². The number of pyridine rings is 1. The van der Waals surface area contributed by atoms with Crippen molar-refractivity contribution in [3.05, 3.63) is 64.6 Å². The quantitative estimate of drug-likeness (QED) is 0.869. The fourth-order valence-corrected chi connectivity index (χ4v) is 1.84. The van der Waals surface area contributed by atoms with Gasteiger partial charge in [-0.1, -0.05) is 6.07 Å². The second kappa shape index (κ2) is 5.00. The Morgan fingerprint density at radius 3 is 2.65 bits per heavy atom. The molecule has 0 radical (unpaired) electrons. The van der Waals surface area contributed by atoms with Gasteiger partial charge in [0.05, 0.1) is 0 Å². The molecule has 6 heteroatoms. The molecule has 1 aliphatic rings. The van der Waals surface area contributed by atoms with Crippen molar-refractivity contribution in [1.82, 2.24) is 9.99 Å². The first-order valence-electron chi connectivity index (χ1n) is 6.01. The van der Waals surface area contributed by atoms with E-state index >= 15 is 0 Å². The molecule has 0 spiro atoms. The van der Waals surface area contributed by atoms with Crippen LogP contribution in [-0.4, -0.2) is 23.0 Å². The van der Waals surface area contributed by atoms with E-state index in [0.29, 0.717) is 5.90 Å². The number of hydrogen-bond donors (Lipinski definition) is 1. The zero-order chi connectivity index (χ0) is 13.9. The summed E-state index contributed by atoms with van der Waals surface area (Å²) < 4.78 is 7.08. The van der Waals surface area contributed by atoms with Gasteiger partial charge in [-0.3, -0.25) is 9.59 Å². The molecule has 20 heavy (non-hydrogen) atoms. The zero-order valence-corrected chi connectivity index (χ0v) is 10.4. The Kier molecular flexibility index (Phi) is 3.04.